The van der Waals surface area contributed by atoms with Crippen LogP contribution in [-0.4, -0.2) is 21.0 Å². The van der Waals surface area contributed by atoms with E-state index in [-0.39, 0.29) is 17.9 Å². The van der Waals surface area contributed by atoms with Gasteiger partial charge >= 0.3 is 16.1 Å². The maximum atomic E-state index is 13.5. The molecule has 0 bridgehead atoms. The van der Waals surface area contributed by atoms with Crippen molar-refractivity contribution in [2.24, 2.45) is 0 Å². The van der Waals surface area contributed by atoms with Crippen LogP contribution in [0.5, 0.6) is 5.75 Å². The van der Waals surface area contributed by atoms with Crippen molar-refractivity contribution in [3.63, 3.8) is 0 Å². The lowest BCUT2D eigenvalue weighted by Crippen LogP contribution is -2.12. The maximum absolute atomic E-state index is 13.5. The van der Waals surface area contributed by atoms with Crippen molar-refractivity contribution < 1.29 is 30.9 Å². The van der Waals surface area contributed by atoms with E-state index in [1.807, 2.05) is 0 Å². The van der Waals surface area contributed by atoms with E-state index in [0.717, 1.165) is 6.07 Å². The molecule has 0 heterocycles. The molecular weight excluding hydrogens is 330 g/mol. The highest BCUT2D eigenvalue weighted by Crippen LogP contribution is 2.22. The number of esters is 1. The second kappa shape index (κ2) is 6.74. The van der Waals surface area contributed by atoms with Crippen LogP contribution in [0.3, 0.4) is 0 Å². The van der Waals surface area contributed by atoms with Crippen LogP contribution in [0.15, 0.2) is 47.4 Å². The quantitative estimate of drug-likeness (QED) is 0.617. The lowest BCUT2D eigenvalue weighted by Gasteiger charge is -2.08. The summed E-state index contributed by atoms with van der Waals surface area (Å²) in [6.45, 7) is 1.85. The first-order valence-corrected chi connectivity index (χ1v) is 7.91. The minimum absolute atomic E-state index is 0.151. The van der Waals surface area contributed by atoms with E-state index in [1.165, 1.54) is 24.3 Å². The number of halogens is 2. The van der Waals surface area contributed by atoms with Gasteiger partial charge in [-0.3, -0.25) is 0 Å². The molecule has 122 valence electrons. The molecule has 8 heteroatoms. The number of carbonyl (C=O) groups is 1. The van der Waals surface area contributed by atoms with Gasteiger partial charge in [0.25, 0.3) is 0 Å². The molecule has 0 amide bonds. The Kier molecular flexibility index (Phi) is 4.95. The van der Waals surface area contributed by atoms with Crippen LogP contribution in [0, 0.1) is 11.6 Å². The minimum Gasteiger partial charge on any atom is -0.462 e. The van der Waals surface area contributed by atoms with E-state index in [0.29, 0.717) is 12.1 Å². The van der Waals surface area contributed by atoms with Gasteiger partial charge in [-0.05, 0) is 49.4 Å². The van der Waals surface area contributed by atoms with Gasteiger partial charge in [-0.25, -0.2) is 13.6 Å². The zero-order valence-corrected chi connectivity index (χ0v) is 12.8. The first-order valence-electron chi connectivity index (χ1n) is 6.50. The lowest BCUT2D eigenvalue weighted by molar-refractivity contribution is 0.0526. The van der Waals surface area contributed by atoms with Crippen LogP contribution in [0.2, 0.25) is 0 Å². The molecule has 0 radical (unpaired) electrons. The smallest absolute Gasteiger partial charge is 0.342 e. The number of hydrogen-bond acceptors (Lipinski definition) is 5. The first-order chi connectivity index (χ1) is 10.8. The fourth-order valence-electron chi connectivity index (χ4n) is 1.70. The van der Waals surface area contributed by atoms with Crippen LogP contribution in [0.25, 0.3) is 0 Å². The molecule has 0 aromatic heterocycles. The van der Waals surface area contributed by atoms with Crippen LogP contribution in [0.1, 0.15) is 17.3 Å². The summed E-state index contributed by atoms with van der Waals surface area (Å²) in [5.41, 5.74) is 0.202. The predicted octanol–water partition coefficient (Wildman–Crippen LogP) is 2.91. The zero-order chi connectivity index (χ0) is 17.0. The third kappa shape index (κ3) is 4.04. The minimum atomic E-state index is -4.54. The molecule has 2 aromatic rings. The molecule has 0 atom stereocenters. The van der Waals surface area contributed by atoms with E-state index in [9.17, 15) is 22.0 Å². The molecular formula is C15H12F2O5S. The molecule has 0 aliphatic carbocycles. The summed E-state index contributed by atoms with van der Waals surface area (Å²) in [5.74, 6) is -2.76. The van der Waals surface area contributed by atoms with Crippen molar-refractivity contribution >= 4 is 16.1 Å². The standard InChI is InChI=1S/C15H12F2O5S/c1-2-21-15(18)10-3-6-12(7-4-10)22-23(19,20)14-9-11(16)5-8-13(14)17/h3-9H,2H2,1H3. The van der Waals surface area contributed by atoms with Crippen molar-refractivity contribution in [1.29, 1.82) is 0 Å². The summed E-state index contributed by atoms with van der Waals surface area (Å²) in [5, 5.41) is 0. The van der Waals surface area contributed by atoms with E-state index in [1.54, 1.807) is 6.92 Å². The van der Waals surface area contributed by atoms with Gasteiger partial charge in [-0.2, -0.15) is 8.42 Å². The summed E-state index contributed by atoms with van der Waals surface area (Å²) >= 11 is 0. The normalized spacial score (nSPS) is 11.1. The third-order valence-electron chi connectivity index (χ3n) is 2.73. The summed E-state index contributed by atoms with van der Waals surface area (Å²) in [7, 11) is -4.54. The number of hydrogen-bond donors (Lipinski definition) is 0. The first kappa shape index (κ1) is 16.9. The average Bonchev–Trinajstić information content (AvgIpc) is 2.50. The molecule has 0 N–H and O–H groups in total. The maximum Gasteiger partial charge on any atom is 0.342 e. The fourth-order valence-corrected chi connectivity index (χ4v) is 2.72. The highest BCUT2D eigenvalue weighted by Gasteiger charge is 2.22. The second-order valence-corrected chi connectivity index (χ2v) is 5.87. The van der Waals surface area contributed by atoms with Crippen LogP contribution in [-0.2, 0) is 14.9 Å². The fraction of sp³-hybridized carbons (Fsp3) is 0.133. The summed E-state index contributed by atoms with van der Waals surface area (Å²) < 4.78 is 60.1. The van der Waals surface area contributed by atoms with Crippen molar-refractivity contribution in [3.05, 3.63) is 59.7 Å². The van der Waals surface area contributed by atoms with E-state index in [2.05, 4.69) is 0 Å². The van der Waals surface area contributed by atoms with Gasteiger partial charge in [0.15, 0.2) is 0 Å². The predicted molar refractivity (Wildman–Crippen MR) is 76.6 cm³/mol. The van der Waals surface area contributed by atoms with Gasteiger partial charge < -0.3 is 8.92 Å². The van der Waals surface area contributed by atoms with Gasteiger partial charge in [0.2, 0.25) is 0 Å². The Balaban J connectivity index is 2.24. The van der Waals surface area contributed by atoms with Gasteiger partial charge in [-0.1, -0.05) is 0 Å². The summed E-state index contributed by atoms with van der Waals surface area (Å²) in [4.78, 5) is 10.6. The van der Waals surface area contributed by atoms with E-state index in [4.69, 9.17) is 8.92 Å². The molecule has 2 rings (SSSR count). The average molecular weight is 342 g/mol. The van der Waals surface area contributed by atoms with Gasteiger partial charge in [0.1, 0.15) is 22.3 Å². The molecule has 0 saturated heterocycles. The van der Waals surface area contributed by atoms with E-state index < -0.39 is 32.6 Å². The molecule has 2 aromatic carbocycles. The monoisotopic (exact) mass is 342 g/mol. The van der Waals surface area contributed by atoms with Crippen molar-refractivity contribution in [3.8, 4) is 5.75 Å². The Morgan fingerprint density at radius 1 is 1.09 bits per heavy atom. The molecule has 5 nitrogen and oxygen atoms in total. The Morgan fingerprint density at radius 2 is 1.74 bits per heavy atom. The van der Waals surface area contributed by atoms with Crippen molar-refractivity contribution in [1.82, 2.24) is 0 Å². The topological polar surface area (TPSA) is 69.7 Å². The Labute approximate surface area is 131 Å². The lowest BCUT2D eigenvalue weighted by atomic mass is 10.2. The van der Waals surface area contributed by atoms with Crippen LogP contribution >= 0.6 is 0 Å². The summed E-state index contributed by atoms with van der Waals surface area (Å²) in [6, 6.07) is 7.02. The third-order valence-corrected chi connectivity index (χ3v) is 4.00. The van der Waals surface area contributed by atoms with Crippen molar-refractivity contribution in [2.75, 3.05) is 6.61 Å². The van der Waals surface area contributed by atoms with Crippen molar-refractivity contribution in [2.45, 2.75) is 11.8 Å². The molecule has 0 aliphatic rings. The number of ether oxygens (including phenoxy) is 1. The molecule has 0 unspecified atom stereocenters. The zero-order valence-electron chi connectivity index (χ0n) is 12.0. The molecule has 0 spiro atoms. The molecule has 0 saturated carbocycles. The van der Waals surface area contributed by atoms with Crippen LogP contribution in [0.4, 0.5) is 8.78 Å². The highest BCUT2D eigenvalue weighted by molar-refractivity contribution is 7.87. The Bertz CT molecular complexity index is 816. The van der Waals surface area contributed by atoms with Gasteiger partial charge in [0, 0.05) is 0 Å². The molecule has 23 heavy (non-hydrogen) atoms. The van der Waals surface area contributed by atoms with E-state index >= 15 is 0 Å². The van der Waals surface area contributed by atoms with Gasteiger partial charge in [-0.15, -0.1) is 0 Å². The molecule has 0 aliphatic heterocycles. The number of rotatable bonds is 5. The largest absolute Gasteiger partial charge is 0.462 e. The Morgan fingerprint density at radius 3 is 2.35 bits per heavy atom. The number of benzene rings is 2. The molecule has 0 fully saturated rings. The second-order valence-electron chi connectivity index (χ2n) is 4.36. The highest BCUT2D eigenvalue weighted by atomic mass is 32.2. The van der Waals surface area contributed by atoms with Crippen LogP contribution < -0.4 is 4.18 Å². The SMILES string of the molecule is CCOC(=O)c1ccc(OS(=O)(=O)c2cc(F)ccc2F)cc1. The number of carbonyl (C=O) groups excluding carboxylic acids is 1. The summed E-state index contributed by atoms with van der Waals surface area (Å²) in [6.07, 6.45) is 0. The van der Waals surface area contributed by atoms with Gasteiger partial charge in [0.05, 0.1) is 12.2 Å². The Hall–Kier alpha value is -2.48.